The summed E-state index contributed by atoms with van der Waals surface area (Å²) in [5.41, 5.74) is 5.74. The van der Waals surface area contributed by atoms with Crippen LogP contribution >= 0.6 is 0 Å². The third kappa shape index (κ3) is 2.91. The monoisotopic (exact) mass is 356 g/mol. The Morgan fingerprint density at radius 2 is 1.74 bits per heavy atom. The van der Waals surface area contributed by atoms with Gasteiger partial charge in [0.15, 0.2) is 11.5 Å². The van der Waals surface area contributed by atoms with Crippen molar-refractivity contribution in [2.45, 2.75) is 12.8 Å². The number of benzene rings is 3. The summed E-state index contributed by atoms with van der Waals surface area (Å²) in [5, 5.41) is 0. The van der Waals surface area contributed by atoms with Crippen LogP contribution < -0.4 is 9.47 Å². The highest BCUT2D eigenvalue weighted by atomic mass is 16.6. The average molecular weight is 356 g/mol. The van der Waals surface area contributed by atoms with Crippen LogP contribution in [-0.2, 0) is 4.79 Å². The van der Waals surface area contributed by atoms with Crippen molar-refractivity contribution in [2.75, 3.05) is 6.61 Å². The Hall–Kier alpha value is -3.33. The first-order valence-corrected chi connectivity index (χ1v) is 9.02. The average Bonchev–Trinajstić information content (AvgIpc) is 3.05. The molecule has 0 saturated carbocycles. The second-order valence-electron chi connectivity index (χ2n) is 6.34. The molecule has 3 aromatic rings. The number of ether oxygens (including phenoxy) is 2. The highest BCUT2D eigenvalue weighted by Crippen LogP contribution is 2.54. The minimum atomic E-state index is -0.498. The van der Waals surface area contributed by atoms with Crippen LogP contribution in [0.25, 0.3) is 11.1 Å². The summed E-state index contributed by atoms with van der Waals surface area (Å²) in [6.07, 6.45) is 1.16. The molecule has 0 aliphatic heterocycles. The predicted molar refractivity (Wildman–Crippen MR) is 106 cm³/mol. The van der Waals surface area contributed by atoms with E-state index in [0.29, 0.717) is 18.1 Å². The fraction of sp³-hybridized carbons (Fsp3) is 0.125. The highest BCUT2D eigenvalue weighted by Gasteiger charge is 2.34. The van der Waals surface area contributed by atoms with E-state index >= 15 is 0 Å². The first-order chi connectivity index (χ1) is 13.2. The van der Waals surface area contributed by atoms with Crippen molar-refractivity contribution in [1.82, 2.24) is 0 Å². The molecule has 1 unspecified atom stereocenters. The molecule has 3 aromatic carbocycles. The minimum absolute atomic E-state index is 0.0290. The fourth-order valence-electron chi connectivity index (χ4n) is 3.77. The third-order valence-corrected chi connectivity index (χ3v) is 4.81. The number of fused-ring (bicyclic) bond motifs is 3. The summed E-state index contributed by atoms with van der Waals surface area (Å²) >= 11 is 0. The van der Waals surface area contributed by atoms with Crippen LogP contribution in [0.4, 0.5) is 0 Å². The highest BCUT2D eigenvalue weighted by molar-refractivity contribution is 5.87. The molecule has 0 N–H and O–H groups in total. The molecule has 4 rings (SSSR count). The minimum Gasteiger partial charge on any atom is -0.490 e. The molecule has 27 heavy (non-hydrogen) atoms. The van der Waals surface area contributed by atoms with Crippen LogP contribution in [0.1, 0.15) is 29.5 Å². The summed E-state index contributed by atoms with van der Waals surface area (Å²) in [5.74, 6) is 0.577. The van der Waals surface area contributed by atoms with Crippen molar-refractivity contribution >= 4 is 5.97 Å². The normalized spacial score (nSPS) is 14.2. The molecule has 3 heteroatoms. The Morgan fingerprint density at radius 1 is 1.00 bits per heavy atom. The van der Waals surface area contributed by atoms with Gasteiger partial charge in [-0.2, -0.15) is 0 Å². The number of carbonyl (C=O) groups is 1. The van der Waals surface area contributed by atoms with Gasteiger partial charge in [-0.1, -0.05) is 67.2 Å². The Labute approximate surface area is 158 Å². The quantitative estimate of drug-likeness (QED) is 0.275. The van der Waals surface area contributed by atoms with Gasteiger partial charge in [0.05, 0.1) is 6.61 Å². The summed E-state index contributed by atoms with van der Waals surface area (Å²) in [4.78, 5) is 11.8. The van der Waals surface area contributed by atoms with Crippen molar-refractivity contribution in [2.24, 2.45) is 0 Å². The van der Waals surface area contributed by atoms with E-state index in [1.165, 1.54) is 16.7 Å². The molecule has 1 aliphatic rings. The van der Waals surface area contributed by atoms with E-state index in [1.807, 2.05) is 37.3 Å². The largest absolute Gasteiger partial charge is 0.490 e. The summed E-state index contributed by atoms with van der Waals surface area (Å²) in [7, 11) is 0. The van der Waals surface area contributed by atoms with Gasteiger partial charge in [-0.05, 0) is 35.2 Å². The summed E-state index contributed by atoms with van der Waals surface area (Å²) in [6.45, 7) is 5.89. The SMILES string of the molecule is C=CC(=O)Oc1ccc2c(c1OCC)C(c1ccccc1)c1ccccc1-2. The smallest absolute Gasteiger partial charge is 0.335 e. The van der Waals surface area contributed by atoms with Crippen LogP contribution in [0.2, 0.25) is 0 Å². The molecule has 0 aromatic heterocycles. The number of rotatable bonds is 5. The van der Waals surface area contributed by atoms with Gasteiger partial charge in [0, 0.05) is 17.6 Å². The maximum absolute atomic E-state index is 11.8. The molecule has 0 amide bonds. The van der Waals surface area contributed by atoms with E-state index in [0.717, 1.165) is 17.2 Å². The van der Waals surface area contributed by atoms with Crippen molar-refractivity contribution in [3.8, 4) is 22.6 Å². The first kappa shape index (κ1) is 17.1. The summed E-state index contributed by atoms with van der Waals surface area (Å²) < 4.78 is 11.5. The topological polar surface area (TPSA) is 35.5 Å². The zero-order valence-corrected chi connectivity index (χ0v) is 15.1. The van der Waals surface area contributed by atoms with Crippen molar-refractivity contribution < 1.29 is 14.3 Å². The van der Waals surface area contributed by atoms with Gasteiger partial charge in [0.2, 0.25) is 0 Å². The van der Waals surface area contributed by atoms with Crippen molar-refractivity contribution in [3.63, 3.8) is 0 Å². The molecule has 1 aliphatic carbocycles. The molecule has 0 spiro atoms. The van der Waals surface area contributed by atoms with E-state index < -0.39 is 5.97 Å². The zero-order chi connectivity index (χ0) is 18.8. The molecule has 3 nitrogen and oxygen atoms in total. The molecule has 0 bridgehead atoms. The number of esters is 1. The van der Waals surface area contributed by atoms with Crippen LogP contribution in [0.5, 0.6) is 11.5 Å². The van der Waals surface area contributed by atoms with Gasteiger partial charge >= 0.3 is 5.97 Å². The van der Waals surface area contributed by atoms with Gasteiger partial charge in [0.25, 0.3) is 0 Å². The van der Waals surface area contributed by atoms with Crippen LogP contribution in [0.3, 0.4) is 0 Å². The number of hydrogen-bond acceptors (Lipinski definition) is 3. The second-order valence-corrected chi connectivity index (χ2v) is 6.34. The maximum atomic E-state index is 11.8. The van der Waals surface area contributed by atoms with Gasteiger partial charge in [0.1, 0.15) is 0 Å². The molecule has 0 fully saturated rings. The van der Waals surface area contributed by atoms with Gasteiger partial charge < -0.3 is 9.47 Å². The number of hydrogen-bond donors (Lipinski definition) is 0. The Kier molecular flexibility index (Phi) is 4.51. The van der Waals surface area contributed by atoms with E-state index in [4.69, 9.17) is 9.47 Å². The van der Waals surface area contributed by atoms with E-state index in [1.54, 1.807) is 6.07 Å². The lowest BCUT2D eigenvalue weighted by Crippen LogP contribution is -2.08. The van der Waals surface area contributed by atoms with Crippen LogP contribution in [0, 0.1) is 0 Å². The Balaban J connectivity index is 1.97. The zero-order valence-electron chi connectivity index (χ0n) is 15.1. The Bertz CT molecular complexity index is 1010. The van der Waals surface area contributed by atoms with E-state index in [2.05, 4.69) is 36.9 Å². The van der Waals surface area contributed by atoms with Gasteiger partial charge in [-0.15, -0.1) is 0 Å². The van der Waals surface area contributed by atoms with Crippen molar-refractivity contribution in [3.05, 3.63) is 96.1 Å². The molecule has 0 heterocycles. The molecule has 134 valence electrons. The van der Waals surface area contributed by atoms with Gasteiger partial charge in [-0.3, -0.25) is 0 Å². The van der Waals surface area contributed by atoms with Gasteiger partial charge in [-0.25, -0.2) is 4.79 Å². The van der Waals surface area contributed by atoms with E-state index in [-0.39, 0.29) is 5.92 Å². The second kappa shape index (κ2) is 7.12. The third-order valence-electron chi connectivity index (χ3n) is 4.81. The number of carbonyl (C=O) groups excluding carboxylic acids is 1. The molecule has 0 saturated heterocycles. The molecule has 0 radical (unpaired) electrons. The lowest BCUT2D eigenvalue weighted by Gasteiger charge is -2.19. The summed E-state index contributed by atoms with van der Waals surface area (Å²) in [6, 6.07) is 22.5. The van der Waals surface area contributed by atoms with Crippen LogP contribution in [0.15, 0.2) is 79.4 Å². The lowest BCUT2D eigenvalue weighted by molar-refractivity contribution is -0.129. The fourth-order valence-corrected chi connectivity index (χ4v) is 3.77. The first-order valence-electron chi connectivity index (χ1n) is 9.02. The molecular formula is C24H20O3. The van der Waals surface area contributed by atoms with E-state index in [9.17, 15) is 4.79 Å². The molecule has 1 atom stereocenters. The van der Waals surface area contributed by atoms with Crippen LogP contribution in [-0.4, -0.2) is 12.6 Å². The lowest BCUT2D eigenvalue weighted by atomic mass is 9.89. The maximum Gasteiger partial charge on any atom is 0.335 e. The molecular weight excluding hydrogens is 336 g/mol. The predicted octanol–water partition coefficient (Wildman–Crippen LogP) is 5.34. The van der Waals surface area contributed by atoms with Crippen molar-refractivity contribution in [1.29, 1.82) is 0 Å². The standard InChI is InChI=1S/C24H20O3/c1-3-21(25)27-20-15-14-19-17-12-8-9-13-18(17)22(16-10-6-5-7-11-16)23(19)24(20)26-4-2/h3,5-15,22H,1,4H2,2H3. The Morgan fingerprint density at radius 3 is 2.48 bits per heavy atom.